The molecule has 3 rings (SSSR count). The van der Waals surface area contributed by atoms with Gasteiger partial charge in [0, 0.05) is 23.7 Å². The molecule has 1 aromatic carbocycles. The first-order chi connectivity index (χ1) is 11.6. The quantitative estimate of drug-likeness (QED) is 0.779. The second kappa shape index (κ2) is 7.65. The molecule has 0 bridgehead atoms. The number of amides is 2. The molecular weight excluding hydrogens is 300 g/mol. The minimum Gasteiger partial charge on any atom is -0.352 e. The predicted octanol–water partition coefficient (Wildman–Crippen LogP) is 3.90. The summed E-state index contributed by atoms with van der Waals surface area (Å²) in [6.07, 6.45) is 9.14. The summed E-state index contributed by atoms with van der Waals surface area (Å²) < 4.78 is 0. The van der Waals surface area contributed by atoms with Crippen molar-refractivity contribution in [2.45, 2.75) is 45.4 Å². The van der Waals surface area contributed by atoms with Crippen molar-refractivity contribution in [3.8, 4) is 0 Å². The van der Waals surface area contributed by atoms with Crippen molar-refractivity contribution in [2.75, 3.05) is 11.9 Å². The van der Waals surface area contributed by atoms with Crippen LogP contribution in [0.25, 0.3) is 0 Å². The number of nitrogens with one attached hydrogen (secondary N) is 2. The number of carbonyl (C=O) groups excluding carboxylic acids is 2. The maximum atomic E-state index is 12.2. The third-order valence-electron chi connectivity index (χ3n) is 4.98. The van der Waals surface area contributed by atoms with E-state index in [1.807, 2.05) is 0 Å². The van der Waals surface area contributed by atoms with Crippen molar-refractivity contribution in [3.63, 3.8) is 0 Å². The SMILES string of the molecule is C[C@@H]1C[C@@H]1C(=O)Nc1ccc(C(=O)NCCC2=CCCCC2)cc1. The van der Waals surface area contributed by atoms with Crippen LogP contribution in [0.15, 0.2) is 35.9 Å². The van der Waals surface area contributed by atoms with Crippen LogP contribution in [0.1, 0.15) is 55.8 Å². The van der Waals surface area contributed by atoms with Gasteiger partial charge >= 0.3 is 0 Å². The average Bonchev–Trinajstić information content (AvgIpc) is 3.33. The van der Waals surface area contributed by atoms with Crippen LogP contribution in [0.4, 0.5) is 5.69 Å². The summed E-state index contributed by atoms with van der Waals surface area (Å²) >= 11 is 0. The Kier molecular flexibility index (Phi) is 5.34. The van der Waals surface area contributed by atoms with Gasteiger partial charge in [-0.1, -0.05) is 18.6 Å². The van der Waals surface area contributed by atoms with Crippen LogP contribution in [-0.2, 0) is 4.79 Å². The van der Waals surface area contributed by atoms with Crippen LogP contribution in [0.2, 0.25) is 0 Å². The first kappa shape index (κ1) is 16.7. The summed E-state index contributed by atoms with van der Waals surface area (Å²) in [5.41, 5.74) is 2.85. The lowest BCUT2D eigenvalue weighted by molar-refractivity contribution is -0.117. The molecule has 2 amide bonds. The Bertz CT molecular complexity index is 634. The monoisotopic (exact) mass is 326 g/mol. The molecule has 1 fully saturated rings. The van der Waals surface area contributed by atoms with E-state index in [1.165, 1.54) is 31.3 Å². The molecule has 2 N–H and O–H groups in total. The van der Waals surface area contributed by atoms with Gasteiger partial charge in [-0.05, 0) is 68.7 Å². The highest BCUT2D eigenvalue weighted by atomic mass is 16.2. The number of allylic oxidation sites excluding steroid dienone is 1. The van der Waals surface area contributed by atoms with Crippen molar-refractivity contribution in [1.82, 2.24) is 5.32 Å². The smallest absolute Gasteiger partial charge is 0.251 e. The van der Waals surface area contributed by atoms with Gasteiger partial charge in [-0.2, -0.15) is 0 Å². The molecule has 0 unspecified atom stereocenters. The fraction of sp³-hybridized carbons (Fsp3) is 0.500. The molecule has 2 aliphatic rings. The van der Waals surface area contributed by atoms with Crippen LogP contribution in [0.3, 0.4) is 0 Å². The van der Waals surface area contributed by atoms with Crippen molar-refractivity contribution < 1.29 is 9.59 Å². The van der Waals surface area contributed by atoms with Gasteiger partial charge in [0.1, 0.15) is 0 Å². The molecular formula is C20H26N2O2. The number of rotatable bonds is 6. The van der Waals surface area contributed by atoms with Crippen LogP contribution in [0, 0.1) is 11.8 Å². The summed E-state index contributed by atoms with van der Waals surface area (Å²) in [5, 5.41) is 5.88. The van der Waals surface area contributed by atoms with Crippen molar-refractivity contribution in [1.29, 1.82) is 0 Å². The normalized spacial score (nSPS) is 22.5. The highest BCUT2D eigenvalue weighted by Crippen LogP contribution is 2.38. The third kappa shape index (κ3) is 4.47. The molecule has 4 nitrogen and oxygen atoms in total. The number of benzene rings is 1. The van der Waals surface area contributed by atoms with E-state index in [9.17, 15) is 9.59 Å². The topological polar surface area (TPSA) is 58.2 Å². The van der Waals surface area contributed by atoms with Crippen LogP contribution < -0.4 is 10.6 Å². The van der Waals surface area contributed by atoms with Gasteiger partial charge in [-0.15, -0.1) is 0 Å². The molecule has 1 aromatic rings. The van der Waals surface area contributed by atoms with Gasteiger partial charge in [0.25, 0.3) is 5.91 Å². The molecule has 0 aliphatic heterocycles. The molecule has 0 aromatic heterocycles. The van der Waals surface area contributed by atoms with Crippen molar-refractivity contribution in [2.24, 2.45) is 11.8 Å². The number of carbonyl (C=O) groups is 2. The van der Waals surface area contributed by atoms with E-state index in [0.29, 0.717) is 18.0 Å². The highest BCUT2D eigenvalue weighted by Gasteiger charge is 2.39. The second-order valence-electron chi connectivity index (χ2n) is 7.00. The van der Waals surface area contributed by atoms with Crippen molar-refractivity contribution in [3.05, 3.63) is 41.5 Å². The fourth-order valence-electron chi connectivity index (χ4n) is 3.20. The van der Waals surface area contributed by atoms with Crippen LogP contribution in [-0.4, -0.2) is 18.4 Å². The van der Waals surface area contributed by atoms with Gasteiger partial charge in [-0.25, -0.2) is 0 Å². The number of anilines is 1. The lowest BCUT2D eigenvalue weighted by atomic mass is 9.97. The molecule has 0 saturated heterocycles. The molecule has 2 aliphatic carbocycles. The van der Waals surface area contributed by atoms with Gasteiger partial charge in [0.05, 0.1) is 0 Å². The van der Waals surface area contributed by atoms with Gasteiger partial charge in [0.2, 0.25) is 5.91 Å². The fourth-order valence-corrected chi connectivity index (χ4v) is 3.20. The molecule has 1 saturated carbocycles. The Morgan fingerprint density at radius 2 is 1.92 bits per heavy atom. The van der Waals surface area contributed by atoms with Crippen molar-refractivity contribution >= 4 is 17.5 Å². The van der Waals surface area contributed by atoms with Gasteiger partial charge in [0.15, 0.2) is 0 Å². The Morgan fingerprint density at radius 3 is 2.54 bits per heavy atom. The van der Waals surface area contributed by atoms with E-state index < -0.39 is 0 Å². The zero-order valence-electron chi connectivity index (χ0n) is 14.3. The van der Waals surface area contributed by atoms with Crippen LogP contribution >= 0.6 is 0 Å². The van der Waals surface area contributed by atoms with E-state index in [2.05, 4.69) is 23.6 Å². The van der Waals surface area contributed by atoms with E-state index in [0.717, 1.165) is 18.5 Å². The minimum absolute atomic E-state index is 0.0555. The second-order valence-corrected chi connectivity index (χ2v) is 7.00. The first-order valence-corrected chi connectivity index (χ1v) is 9.00. The first-order valence-electron chi connectivity index (χ1n) is 9.00. The average molecular weight is 326 g/mol. The summed E-state index contributed by atoms with van der Waals surface area (Å²) in [6.45, 7) is 2.77. The number of hydrogen-bond donors (Lipinski definition) is 2. The zero-order chi connectivity index (χ0) is 16.9. The van der Waals surface area contributed by atoms with E-state index in [4.69, 9.17) is 0 Å². The standard InChI is InChI=1S/C20H26N2O2/c1-14-13-18(14)20(24)22-17-9-7-16(8-10-17)19(23)21-12-11-15-5-3-2-4-6-15/h5,7-10,14,18H,2-4,6,11-13H2,1H3,(H,21,23)(H,22,24)/t14-,18+/m1/s1. The van der Waals surface area contributed by atoms with Crippen LogP contribution in [0.5, 0.6) is 0 Å². The molecule has 0 heterocycles. The lowest BCUT2D eigenvalue weighted by Gasteiger charge is -2.13. The van der Waals surface area contributed by atoms with E-state index in [-0.39, 0.29) is 17.7 Å². The molecule has 0 radical (unpaired) electrons. The Balaban J connectivity index is 1.45. The van der Waals surface area contributed by atoms with Gasteiger partial charge in [-0.3, -0.25) is 9.59 Å². The largest absolute Gasteiger partial charge is 0.352 e. The molecule has 4 heteroatoms. The molecule has 2 atom stereocenters. The summed E-state index contributed by atoms with van der Waals surface area (Å²) in [5.74, 6) is 0.678. The Hall–Kier alpha value is -2.10. The lowest BCUT2D eigenvalue weighted by Crippen LogP contribution is -2.25. The Labute approximate surface area is 143 Å². The molecule has 128 valence electrons. The Morgan fingerprint density at radius 1 is 1.17 bits per heavy atom. The molecule has 24 heavy (non-hydrogen) atoms. The summed E-state index contributed by atoms with van der Waals surface area (Å²) in [4.78, 5) is 24.1. The zero-order valence-corrected chi connectivity index (χ0v) is 14.3. The molecule has 0 spiro atoms. The summed E-state index contributed by atoms with van der Waals surface area (Å²) in [7, 11) is 0. The maximum absolute atomic E-state index is 12.2. The van der Waals surface area contributed by atoms with Gasteiger partial charge < -0.3 is 10.6 Å². The highest BCUT2D eigenvalue weighted by molar-refractivity contribution is 5.96. The minimum atomic E-state index is -0.0555. The predicted molar refractivity (Wildman–Crippen MR) is 95.8 cm³/mol. The van der Waals surface area contributed by atoms with E-state index >= 15 is 0 Å². The number of hydrogen-bond acceptors (Lipinski definition) is 2. The third-order valence-corrected chi connectivity index (χ3v) is 4.98. The maximum Gasteiger partial charge on any atom is 0.251 e. The summed E-state index contributed by atoms with van der Waals surface area (Å²) in [6, 6.07) is 7.12. The van der Waals surface area contributed by atoms with E-state index in [1.54, 1.807) is 24.3 Å².